The zero-order valence-electron chi connectivity index (χ0n) is 14.6. The van der Waals surface area contributed by atoms with E-state index in [1.54, 1.807) is 11.8 Å². The Hall–Kier alpha value is -2.98. The van der Waals surface area contributed by atoms with E-state index >= 15 is 0 Å². The summed E-state index contributed by atoms with van der Waals surface area (Å²) in [6, 6.07) is 25.9. The molecule has 0 unspecified atom stereocenters. The summed E-state index contributed by atoms with van der Waals surface area (Å²) in [5.41, 5.74) is 3.76. The van der Waals surface area contributed by atoms with E-state index in [2.05, 4.69) is 23.1 Å². The van der Waals surface area contributed by atoms with Gasteiger partial charge in [0.2, 0.25) is 5.78 Å². The third kappa shape index (κ3) is 2.82. The number of fused-ring (bicyclic) bond motifs is 2. The number of benzene rings is 3. The van der Waals surface area contributed by atoms with Crippen molar-refractivity contribution in [2.24, 2.45) is 0 Å². The maximum atomic E-state index is 13.4. The topological polar surface area (TPSA) is 29.5 Å². The Morgan fingerprint density at radius 3 is 2.48 bits per heavy atom. The number of rotatable bonds is 1. The van der Waals surface area contributed by atoms with Crippen molar-refractivity contribution in [3.05, 3.63) is 101 Å². The first-order chi connectivity index (χ1) is 13.3. The van der Waals surface area contributed by atoms with E-state index < -0.39 is 0 Å². The van der Waals surface area contributed by atoms with Gasteiger partial charge in [-0.2, -0.15) is 0 Å². The van der Waals surface area contributed by atoms with Gasteiger partial charge in [0.1, 0.15) is 5.75 Å². The van der Waals surface area contributed by atoms with E-state index in [0.29, 0.717) is 23.6 Å². The summed E-state index contributed by atoms with van der Waals surface area (Å²) in [7, 11) is 0. The van der Waals surface area contributed by atoms with Gasteiger partial charge in [0, 0.05) is 27.5 Å². The number of ether oxygens (including phenoxy) is 1. The van der Waals surface area contributed by atoms with Crippen molar-refractivity contribution >= 4 is 23.2 Å². The van der Waals surface area contributed by atoms with Crippen LogP contribution in [0.3, 0.4) is 0 Å². The molecule has 0 saturated heterocycles. The van der Waals surface area contributed by atoms with Crippen LogP contribution in [0, 0.1) is 0 Å². The Balaban J connectivity index is 1.71. The second kappa shape index (κ2) is 6.63. The van der Waals surface area contributed by atoms with Gasteiger partial charge in [-0.15, -0.1) is 11.8 Å². The van der Waals surface area contributed by atoms with Crippen LogP contribution >= 0.6 is 11.8 Å². The number of hydrogen-bond donors (Lipinski definition) is 0. The van der Waals surface area contributed by atoms with Gasteiger partial charge in [-0.3, -0.25) is 4.79 Å². The number of nitrogens with zero attached hydrogens (tertiary/aromatic N) is 1. The predicted molar refractivity (Wildman–Crippen MR) is 108 cm³/mol. The van der Waals surface area contributed by atoms with Crippen LogP contribution in [0.2, 0.25) is 0 Å². The van der Waals surface area contributed by atoms with Gasteiger partial charge >= 0.3 is 0 Å². The van der Waals surface area contributed by atoms with Crippen molar-refractivity contribution in [2.75, 3.05) is 10.7 Å². The first-order valence-electron chi connectivity index (χ1n) is 8.89. The van der Waals surface area contributed by atoms with Gasteiger partial charge in [0.25, 0.3) is 0 Å². The van der Waals surface area contributed by atoms with E-state index in [9.17, 15) is 4.79 Å². The van der Waals surface area contributed by atoms with Crippen molar-refractivity contribution in [3.63, 3.8) is 0 Å². The highest BCUT2D eigenvalue weighted by Crippen LogP contribution is 2.39. The predicted octanol–water partition coefficient (Wildman–Crippen LogP) is 5.29. The molecule has 2 aliphatic rings. The lowest BCUT2D eigenvalue weighted by molar-refractivity contribution is 0.0982. The molecule has 3 aromatic carbocycles. The van der Waals surface area contributed by atoms with Gasteiger partial charge in [0.05, 0.1) is 12.2 Å². The Labute approximate surface area is 162 Å². The van der Waals surface area contributed by atoms with Gasteiger partial charge < -0.3 is 9.64 Å². The molecule has 4 heteroatoms. The number of allylic oxidation sites excluding steroid dienone is 1. The zero-order chi connectivity index (χ0) is 18.2. The molecule has 0 saturated carbocycles. The van der Waals surface area contributed by atoms with E-state index in [1.807, 2.05) is 60.7 Å². The molecule has 27 heavy (non-hydrogen) atoms. The SMILES string of the molecule is O=C1C2=C(CSc3ccccc31)N(c1ccccc1)Cc1ccccc1O2. The van der Waals surface area contributed by atoms with Crippen LogP contribution in [-0.4, -0.2) is 11.5 Å². The highest BCUT2D eigenvalue weighted by molar-refractivity contribution is 7.99. The van der Waals surface area contributed by atoms with Crippen LogP contribution in [0.4, 0.5) is 5.69 Å². The average molecular weight is 371 g/mol. The van der Waals surface area contributed by atoms with E-state index in [0.717, 1.165) is 27.6 Å². The van der Waals surface area contributed by atoms with Gasteiger partial charge in [-0.1, -0.05) is 48.5 Å². The fraction of sp³-hybridized carbons (Fsp3) is 0.0870. The molecule has 0 radical (unpaired) electrons. The van der Waals surface area contributed by atoms with Crippen LogP contribution in [-0.2, 0) is 6.54 Å². The first kappa shape index (κ1) is 16.2. The summed E-state index contributed by atoms with van der Waals surface area (Å²) < 4.78 is 6.24. The molecular formula is C23H17NO2S. The highest BCUT2D eigenvalue weighted by atomic mass is 32.2. The first-order valence-corrected chi connectivity index (χ1v) is 9.88. The minimum absolute atomic E-state index is 0.0526. The third-order valence-electron chi connectivity index (χ3n) is 4.87. The number of hydrogen-bond acceptors (Lipinski definition) is 4. The number of ketones is 1. The van der Waals surface area contributed by atoms with Crippen LogP contribution < -0.4 is 9.64 Å². The molecule has 3 nitrogen and oxygen atoms in total. The quantitative estimate of drug-likeness (QED) is 0.582. The minimum Gasteiger partial charge on any atom is -0.451 e. The van der Waals surface area contributed by atoms with E-state index in [4.69, 9.17) is 4.74 Å². The van der Waals surface area contributed by atoms with Crippen LogP contribution in [0.15, 0.2) is 95.2 Å². The standard InChI is InChI=1S/C23H17NO2S/c25-22-18-11-5-7-13-21(18)27-15-19-23(22)26-20-12-6-4-8-16(20)14-24(19)17-9-2-1-3-10-17/h1-13H,14-15H2. The Kier molecular flexibility index (Phi) is 3.98. The molecular weight excluding hydrogens is 354 g/mol. The largest absolute Gasteiger partial charge is 0.451 e. The summed E-state index contributed by atoms with van der Waals surface area (Å²) >= 11 is 1.69. The van der Waals surface area contributed by atoms with Crippen LogP contribution in [0.25, 0.3) is 0 Å². The maximum Gasteiger partial charge on any atom is 0.231 e. The molecule has 5 rings (SSSR count). The van der Waals surface area contributed by atoms with Crippen molar-refractivity contribution in [3.8, 4) is 5.75 Å². The number of anilines is 1. The van der Waals surface area contributed by atoms with Crippen molar-refractivity contribution in [2.45, 2.75) is 11.4 Å². The molecule has 2 aliphatic heterocycles. The number of carbonyl (C=O) groups excluding carboxylic acids is 1. The normalized spacial score (nSPS) is 15.9. The third-order valence-corrected chi connectivity index (χ3v) is 5.96. The molecule has 0 N–H and O–H groups in total. The summed E-state index contributed by atoms with van der Waals surface area (Å²) in [5, 5.41) is 0. The fourth-order valence-corrected chi connectivity index (χ4v) is 4.59. The van der Waals surface area contributed by atoms with Gasteiger partial charge in [-0.25, -0.2) is 0 Å². The fourth-order valence-electron chi connectivity index (χ4n) is 3.52. The molecule has 0 aliphatic carbocycles. The second-order valence-electron chi connectivity index (χ2n) is 6.52. The monoisotopic (exact) mass is 371 g/mol. The summed E-state index contributed by atoms with van der Waals surface area (Å²) in [5.74, 6) is 1.81. The van der Waals surface area contributed by atoms with Gasteiger partial charge in [0.15, 0.2) is 5.76 Å². The molecule has 0 bridgehead atoms. The molecule has 0 amide bonds. The van der Waals surface area contributed by atoms with E-state index in [-0.39, 0.29) is 5.78 Å². The number of Topliss-reactive ketones (excluding diaryl/α,β-unsaturated/α-hetero) is 1. The minimum atomic E-state index is -0.0526. The smallest absolute Gasteiger partial charge is 0.231 e. The Morgan fingerprint density at radius 1 is 0.852 bits per heavy atom. The molecule has 0 fully saturated rings. The molecule has 0 atom stereocenters. The average Bonchev–Trinajstić information content (AvgIpc) is 2.97. The molecule has 2 heterocycles. The van der Waals surface area contributed by atoms with Crippen LogP contribution in [0.1, 0.15) is 15.9 Å². The van der Waals surface area contributed by atoms with Gasteiger partial charge in [-0.05, 0) is 30.3 Å². The lowest BCUT2D eigenvalue weighted by atomic mass is 10.1. The lowest BCUT2D eigenvalue weighted by Gasteiger charge is -2.26. The summed E-state index contributed by atoms with van der Waals surface area (Å²) in [4.78, 5) is 16.6. The van der Waals surface area contributed by atoms with Crippen molar-refractivity contribution in [1.82, 2.24) is 0 Å². The lowest BCUT2D eigenvalue weighted by Crippen LogP contribution is -2.25. The van der Waals surface area contributed by atoms with Crippen LogP contribution in [0.5, 0.6) is 5.75 Å². The molecule has 3 aromatic rings. The molecule has 132 valence electrons. The number of para-hydroxylation sites is 2. The summed E-state index contributed by atoms with van der Waals surface area (Å²) in [6.45, 7) is 0.670. The number of carbonyl (C=O) groups is 1. The maximum absolute atomic E-state index is 13.4. The Bertz CT molecular complexity index is 1060. The van der Waals surface area contributed by atoms with E-state index in [1.165, 1.54) is 0 Å². The summed E-state index contributed by atoms with van der Waals surface area (Å²) in [6.07, 6.45) is 0. The second-order valence-corrected chi connectivity index (χ2v) is 7.54. The molecule has 0 aromatic heterocycles. The number of thioether (sulfide) groups is 1. The molecule has 0 spiro atoms. The van der Waals surface area contributed by atoms with Crippen molar-refractivity contribution < 1.29 is 9.53 Å². The highest BCUT2D eigenvalue weighted by Gasteiger charge is 2.32. The zero-order valence-corrected chi connectivity index (χ0v) is 15.4. The Morgan fingerprint density at radius 2 is 1.59 bits per heavy atom. The van der Waals surface area contributed by atoms with Crippen molar-refractivity contribution in [1.29, 1.82) is 0 Å².